The Hall–Kier alpha value is -3.69. The van der Waals surface area contributed by atoms with Crippen LogP contribution >= 0.6 is 0 Å². The van der Waals surface area contributed by atoms with Crippen LogP contribution < -0.4 is 10.1 Å². The van der Waals surface area contributed by atoms with E-state index in [9.17, 15) is 18.0 Å². The minimum Gasteiger partial charge on any atom is -0.497 e. The zero-order chi connectivity index (χ0) is 26.7. The minimum atomic E-state index is -3.96. The van der Waals surface area contributed by atoms with Crippen LogP contribution in [0.1, 0.15) is 35.7 Å². The highest BCUT2D eigenvalue weighted by molar-refractivity contribution is 7.89. The fourth-order valence-corrected chi connectivity index (χ4v) is 4.92. The van der Waals surface area contributed by atoms with Crippen molar-refractivity contribution >= 4 is 27.6 Å². The van der Waals surface area contributed by atoms with Crippen LogP contribution in [0.15, 0.2) is 83.8 Å². The van der Waals surface area contributed by atoms with Crippen molar-refractivity contribution in [1.29, 1.82) is 0 Å². The molecule has 0 bridgehead atoms. The van der Waals surface area contributed by atoms with Gasteiger partial charge in [0.1, 0.15) is 5.75 Å². The molecule has 0 aliphatic carbocycles. The molecular formula is C28H32N2O6S. The first-order valence-electron chi connectivity index (χ1n) is 12.1. The van der Waals surface area contributed by atoms with Crippen molar-refractivity contribution in [1.82, 2.24) is 4.31 Å². The number of sulfonamides is 1. The Morgan fingerprint density at radius 2 is 1.59 bits per heavy atom. The fourth-order valence-electron chi connectivity index (χ4n) is 3.52. The molecule has 3 rings (SSSR count). The number of anilines is 1. The zero-order valence-electron chi connectivity index (χ0n) is 21.1. The first-order valence-corrected chi connectivity index (χ1v) is 13.5. The normalized spacial score (nSPS) is 11.2. The average Bonchev–Trinajstić information content (AvgIpc) is 2.92. The molecule has 9 heteroatoms. The molecule has 0 fully saturated rings. The van der Waals surface area contributed by atoms with E-state index in [2.05, 4.69) is 5.32 Å². The van der Waals surface area contributed by atoms with Gasteiger partial charge in [-0.3, -0.25) is 4.79 Å². The summed E-state index contributed by atoms with van der Waals surface area (Å²) in [5.74, 6) is -0.391. The Bertz CT molecular complexity index is 1260. The number of hydrogen-bond donors (Lipinski definition) is 1. The number of carbonyl (C=O) groups is 2. The van der Waals surface area contributed by atoms with Gasteiger partial charge in [0.05, 0.1) is 30.7 Å². The summed E-state index contributed by atoms with van der Waals surface area (Å²) >= 11 is 0. The highest BCUT2D eigenvalue weighted by Gasteiger charge is 2.26. The van der Waals surface area contributed by atoms with E-state index in [1.165, 1.54) is 19.2 Å². The van der Waals surface area contributed by atoms with Gasteiger partial charge in [0, 0.05) is 12.2 Å². The van der Waals surface area contributed by atoms with Gasteiger partial charge in [-0.1, -0.05) is 43.7 Å². The average molecular weight is 525 g/mol. The van der Waals surface area contributed by atoms with Crippen molar-refractivity contribution in [2.24, 2.45) is 0 Å². The number of amides is 1. The summed E-state index contributed by atoms with van der Waals surface area (Å²) in [5.41, 5.74) is 1.78. The molecule has 0 aliphatic rings. The Balaban J connectivity index is 1.71. The van der Waals surface area contributed by atoms with E-state index in [4.69, 9.17) is 9.47 Å². The maximum Gasteiger partial charge on any atom is 0.338 e. The molecule has 0 atom stereocenters. The molecule has 0 unspecified atom stereocenters. The summed E-state index contributed by atoms with van der Waals surface area (Å²) in [7, 11) is -2.45. The third-order valence-corrected chi connectivity index (χ3v) is 7.50. The van der Waals surface area contributed by atoms with Gasteiger partial charge in [0.15, 0.2) is 0 Å². The second-order valence-electron chi connectivity index (χ2n) is 8.36. The van der Waals surface area contributed by atoms with E-state index in [1.54, 1.807) is 36.4 Å². The molecular weight excluding hydrogens is 492 g/mol. The van der Waals surface area contributed by atoms with E-state index < -0.39 is 21.9 Å². The van der Waals surface area contributed by atoms with Crippen molar-refractivity contribution in [3.05, 3.63) is 90.0 Å². The standard InChI is InChI=1S/C28H32N2O6S/c1-3-4-20-36-28(32)23-10-12-24(13-11-23)29-27(31)21-30(19-18-22-8-6-5-7-9-22)37(33,34)26-16-14-25(35-2)15-17-26/h5-17H,3-4,18-21H2,1-2H3,(H,29,31). The van der Waals surface area contributed by atoms with Crippen LogP contribution in [0.2, 0.25) is 0 Å². The van der Waals surface area contributed by atoms with E-state index in [1.807, 2.05) is 37.3 Å². The highest BCUT2D eigenvalue weighted by atomic mass is 32.2. The van der Waals surface area contributed by atoms with Gasteiger partial charge in [0.25, 0.3) is 0 Å². The van der Waals surface area contributed by atoms with Crippen LogP contribution in [0.5, 0.6) is 5.75 Å². The van der Waals surface area contributed by atoms with Gasteiger partial charge in [-0.2, -0.15) is 4.31 Å². The molecule has 8 nitrogen and oxygen atoms in total. The van der Waals surface area contributed by atoms with Gasteiger partial charge in [0.2, 0.25) is 15.9 Å². The SMILES string of the molecule is CCCCOC(=O)c1ccc(NC(=O)CN(CCc2ccccc2)S(=O)(=O)c2ccc(OC)cc2)cc1. The molecule has 196 valence electrons. The minimum absolute atomic E-state index is 0.0695. The van der Waals surface area contributed by atoms with Crippen molar-refractivity contribution in [3.8, 4) is 5.75 Å². The highest BCUT2D eigenvalue weighted by Crippen LogP contribution is 2.20. The Morgan fingerprint density at radius 3 is 2.22 bits per heavy atom. The molecule has 0 aliphatic heterocycles. The first kappa shape index (κ1) is 27.9. The molecule has 1 amide bonds. The molecule has 0 heterocycles. The molecule has 0 saturated carbocycles. The Kier molecular flexibility index (Phi) is 10.2. The lowest BCUT2D eigenvalue weighted by Crippen LogP contribution is -2.39. The van der Waals surface area contributed by atoms with Crippen molar-refractivity contribution in [3.63, 3.8) is 0 Å². The topological polar surface area (TPSA) is 102 Å². The lowest BCUT2D eigenvalue weighted by Gasteiger charge is -2.22. The molecule has 0 radical (unpaired) electrons. The summed E-state index contributed by atoms with van der Waals surface area (Å²) in [4.78, 5) is 25.0. The molecule has 3 aromatic rings. The number of methoxy groups -OCH3 is 1. The molecule has 0 saturated heterocycles. The van der Waals surface area contributed by atoms with Crippen molar-refractivity contribution < 1.29 is 27.5 Å². The lowest BCUT2D eigenvalue weighted by molar-refractivity contribution is -0.116. The van der Waals surface area contributed by atoms with Gasteiger partial charge >= 0.3 is 5.97 Å². The van der Waals surface area contributed by atoms with Gasteiger partial charge in [-0.05, 0) is 66.9 Å². The third kappa shape index (κ3) is 8.16. The van der Waals surface area contributed by atoms with E-state index in [-0.39, 0.29) is 18.0 Å². The largest absolute Gasteiger partial charge is 0.497 e. The van der Waals surface area contributed by atoms with Crippen LogP contribution in [0.4, 0.5) is 5.69 Å². The molecule has 3 aromatic carbocycles. The predicted octanol–water partition coefficient (Wildman–Crippen LogP) is 4.52. The molecule has 1 N–H and O–H groups in total. The van der Waals surface area contributed by atoms with E-state index >= 15 is 0 Å². The second-order valence-corrected chi connectivity index (χ2v) is 10.3. The number of rotatable bonds is 13. The summed E-state index contributed by atoms with van der Waals surface area (Å²) in [5, 5.41) is 2.71. The summed E-state index contributed by atoms with van der Waals surface area (Å²) in [6.07, 6.45) is 2.16. The van der Waals surface area contributed by atoms with Crippen LogP contribution in [-0.2, 0) is 26.0 Å². The van der Waals surface area contributed by atoms with Crippen LogP contribution in [0.3, 0.4) is 0 Å². The molecule has 37 heavy (non-hydrogen) atoms. The van der Waals surface area contributed by atoms with Crippen LogP contribution in [0.25, 0.3) is 0 Å². The number of nitrogens with zero attached hydrogens (tertiary/aromatic N) is 1. The Labute approximate surface area is 218 Å². The smallest absolute Gasteiger partial charge is 0.338 e. The molecule has 0 aromatic heterocycles. The number of unbranched alkanes of at least 4 members (excludes halogenated alkanes) is 1. The van der Waals surface area contributed by atoms with Gasteiger partial charge in [-0.25, -0.2) is 13.2 Å². The number of ether oxygens (including phenoxy) is 2. The maximum atomic E-state index is 13.4. The summed E-state index contributed by atoms with van der Waals surface area (Å²) in [6, 6.07) is 21.8. The zero-order valence-corrected chi connectivity index (χ0v) is 21.9. The summed E-state index contributed by atoms with van der Waals surface area (Å²) in [6.45, 7) is 2.11. The number of esters is 1. The fraction of sp³-hybridized carbons (Fsp3) is 0.286. The predicted molar refractivity (Wildman–Crippen MR) is 142 cm³/mol. The number of carbonyl (C=O) groups excluding carboxylic acids is 2. The van der Waals surface area contributed by atoms with Crippen molar-refractivity contribution in [2.75, 3.05) is 32.1 Å². The number of hydrogen-bond acceptors (Lipinski definition) is 6. The second kappa shape index (κ2) is 13.6. The number of nitrogens with one attached hydrogen (secondary N) is 1. The van der Waals surface area contributed by atoms with Crippen molar-refractivity contribution in [2.45, 2.75) is 31.1 Å². The third-order valence-electron chi connectivity index (χ3n) is 5.65. The van der Waals surface area contributed by atoms with Crippen LogP contribution in [-0.4, -0.2) is 51.4 Å². The summed E-state index contributed by atoms with van der Waals surface area (Å²) < 4.78 is 38.3. The molecule has 0 spiro atoms. The van der Waals surface area contributed by atoms with Crippen LogP contribution in [0, 0.1) is 0 Å². The lowest BCUT2D eigenvalue weighted by atomic mass is 10.1. The monoisotopic (exact) mass is 524 g/mol. The Morgan fingerprint density at radius 1 is 0.919 bits per heavy atom. The number of benzene rings is 3. The van der Waals surface area contributed by atoms with Gasteiger partial charge < -0.3 is 14.8 Å². The van der Waals surface area contributed by atoms with E-state index in [0.717, 1.165) is 22.7 Å². The maximum absolute atomic E-state index is 13.4. The van der Waals surface area contributed by atoms with Gasteiger partial charge in [-0.15, -0.1) is 0 Å². The first-order chi connectivity index (χ1) is 17.8. The van der Waals surface area contributed by atoms with E-state index in [0.29, 0.717) is 30.0 Å². The quantitative estimate of drug-likeness (QED) is 0.261.